The van der Waals surface area contributed by atoms with Gasteiger partial charge in [0, 0.05) is 17.1 Å². The van der Waals surface area contributed by atoms with Gasteiger partial charge < -0.3 is 9.52 Å². The van der Waals surface area contributed by atoms with Gasteiger partial charge in [0.2, 0.25) is 5.89 Å². The van der Waals surface area contributed by atoms with E-state index < -0.39 is 12.0 Å². The molecule has 0 aliphatic carbocycles. The smallest absolute Gasteiger partial charge is 0.320 e. The summed E-state index contributed by atoms with van der Waals surface area (Å²) in [6.45, 7) is 1.91. The number of aliphatic carboxylic acids is 1. The maximum absolute atomic E-state index is 10.7. The number of carboxylic acids is 1. The first-order valence-electron chi connectivity index (χ1n) is 5.73. The fraction of sp³-hybridized carbons (Fsp3) is 0.231. The molecule has 1 aromatic heterocycles. The minimum absolute atomic E-state index is 0.338. The fourth-order valence-corrected chi connectivity index (χ4v) is 1.58. The van der Waals surface area contributed by atoms with Crippen LogP contribution in [0.3, 0.4) is 0 Å². The summed E-state index contributed by atoms with van der Waals surface area (Å²) in [5, 5.41) is 12.2. The summed E-state index contributed by atoms with van der Waals surface area (Å²) in [5.74, 6) is -0.419. The van der Waals surface area contributed by atoms with E-state index in [0.717, 1.165) is 5.56 Å². The molecule has 0 aliphatic rings. The Morgan fingerprint density at radius 1 is 1.47 bits per heavy atom. The van der Waals surface area contributed by atoms with Crippen LogP contribution in [0.1, 0.15) is 12.6 Å². The van der Waals surface area contributed by atoms with Gasteiger partial charge in [-0.3, -0.25) is 10.1 Å². The number of nitrogens with zero attached hydrogens (tertiary/aromatic N) is 1. The van der Waals surface area contributed by atoms with E-state index in [9.17, 15) is 4.79 Å². The van der Waals surface area contributed by atoms with Crippen LogP contribution in [0.2, 0.25) is 5.02 Å². The van der Waals surface area contributed by atoms with Crippen LogP contribution < -0.4 is 5.32 Å². The standard InChI is InChI=1S/C13H13ClN2O3/c1-8(13(17)18)15-6-11-7-19-12(16-11)9-2-4-10(14)5-3-9/h2-5,7-8,15H,6H2,1H3,(H,17,18). The highest BCUT2D eigenvalue weighted by Crippen LogP contribution is 2.20. The maximum atomic E-state index is 10.7. The molecule has 100 valence electrons. The van der Waals surface area contributed by atoms with E-state index in [1.165, 1.54) is 6.26 Å². The Morgan fingerprint density at radius 3 is 2.79 bits per heavy atom. The Balaban J connectivity index is 2.03. The highest BCUT2D eigenvalue weighted by atomic mass is 35.5. The van der Waals surface area contributed by atoms with Gasteiger partial charge in [0.1, 0.15) is 12.3 Å². The highest BCUT2D eigenvalue weighted by molar-refractivity contribution is 6.30. The van der Waals surface area contributed by atoms with Gasteiger partial charge in [-0.2, -0.15) is 0 Å². The maximum Gasteiger partial charge on any atom is 0.320 e. The van der Waals surface area contributed by atoms with Crippen molar-refractivity contribution in [1.29, 1.82) is 0 Å². The summed E-state index contributed by atoms with van der Waals surface area (Å²) in [6.07, 6.45) is 1.51. The number of halogens is 1. The molecular formula is C13H13ClN2O3. The molecule has 0 amide bonds. The van der Waals surface area contributed by atoms with Gasteiger partial charge in [-0.1, -0.05) is 11.6 Å². The first-order valence-corrected chi connectivity index (χ1v) is 6.10. The summed E-state index contributed by atoms with van der Waals surface area (Å²) in [4.78, 5) is 14.9. The molecule has 1 heterocycles. The Labute approximate surface area is 115 Å². The topological polar surface area (TPSA) is 75.4 Å². The quantitative estimate of drug-likeness (QED) is 0.880. The molecule has 0 spiro atoms. The monoisotopic (exact) mass is 280 g/mol. The lowest BCUT2D eigenvalue weighted by Crippen LogP contribution is -2.33. The van der Waals surface area contributed by atoms with Crippen LogP contribution in [0, 0.1) is 0 Å². The molecule has 6 heteroatoms. The van der Waals surface area contributed by atoms with Gasteiger partial charge in [0.05, 0.1) is 5.69 Å². The molecule has 2 N–H and O–H groups in total. The number of carbonyl (C=O) groups is 1. The fourth-order valence-electron chi connectivity index (χ4n) is 1.46. The minimum atomic E-state index is -0.901. The van der Waals surface area contributed by atoms with Gasteiger partial charge in [-0.25, -0.2) is 4.98 Å². The molecule has 19 heavy (non-hydrogen) atoms. The molecule has 2 rings (SSSR count). The van der Waals surface area contributed by atoms with Crippen molar-refractivity contribution in [2.24, 2.45) is 0 Å². The Kier molecular flexibility index (Phi) is 4.19. The lowest BCUT2D eigenvalue weighted by molar-refractivity contribution is -0.139. The Hall–Kier alpha value is -1.85. The zero-order chi connectivity index (χ0) is 13.8. The second-order valence-electron chi connectivity index (χ2n) is 4.09. The second kappa shape index (κ2) is 5.86. The van der Waals surface area contributed by atoms with Gasteiger partial charge in [0.15, 0.2) is 0 Å². The molecule has 0 saturated carbocycles. The molecule has 1 unspecified atom stereocenters. The summed E-state index contributed by atoms with van der Waals surface area (Å²) in [5.41, 5.74) is 1.47. The average molecular weight is 281 g/mol. The molecule has 0 fully saturated rings. The third-order valence-corrected chi connectivity index (χ3v) is 2.85. The van der Waals surface area contributed by atoms with Crippen molar-refractivity contribution in [2.45, 2.75) is 19.5 Å². The van der Waals surface area contributed by atoms with Crippen molar-refractivity contribution in [3.63, 3.8) is 0 Å². The van der Waals surface area contributed by atoms with Crippen molar-refractivity contribution in [2.75, 3.05) is 0 Å². The first-order chi connectivity index (χ1) is 9.06. The lowest BCUT2D eigenvalue weighted by atomic mass is 10.2. The van der Waals surface area contributed by atoms with Crippen molar-refractivity contribution in [3.05, 3.63) is 41.2 Å². The van der Waals surface area contributed by atoms with Crippen molar-refractivity contribution in [3.8, 4) is 11.5 Å². The predicted octanol–water partition coefficient (Wildman–Crippen LogP) is 2.56. The Morgan fingerprint density at radius 2 is 2.16 bits per heavy atom. The summed E-state index contributed by atoms with van der Waals surface area (Å²) < 4.78 is 5.34. The highest BCUT2D eigenvalue weighted by Gasteiger charge is 2.11. The van der Waals surface area contributed by atoms with E-state index in [0.29, 0.717) is 23.2 Å². The van der Waals surface area contributed by atoms with E-state index in [-0.39, 0.29) is 0 Å². The molecule has 1 aromatic carbocycles. The zero-order valence-electron chi connectivity index (χ0n) is 10.3. The summed E-state index contributed by atoms with van der Waals surface area (Å²) in [6, 6.07) is 6.50. The minimum Gasteiger partial charge on any atom is -0.480 e. The molecule has 0 aliphatic heterocycles. The van der Waals surface area contributed by atoms with Crippen LogP contribution in [0.5, 0.6) is 0 Å². The SMILES string of the molecule is CC(NCc1coc(-c2ccc(Cl)cc2)n1)C(=O)O. The third-order valence-electron chi connectivity index (χ3n) is 2.60. The molecule has 0 bridgehead atoms. The van der Waals surface area contributed by atoms with Crippen molar-refractivity contribution in [1.82, 2.24) is 10.3 Å². The van der Waals surface area contributed by atoms with Crippen molar-refractivity contribution < 1.29 is 14.3 Å². The Bertz CT molecular complexity index is 566. The zero-order valence-corrected chi connectivity index (χ0v) is 11.0. The van der Waals surface area contributed by atoms with Gasteiger partial charge in [0.25, 0.3) is 0 Å². The number of hydrogen-bond acceptors (Lipinski definition) is 4. The van der Waals surface area contributed by atoms with Gasteiger partial charge in [-0.05, 0) is 31.2 Å². The van der Waals surface area contributed by atoms with Crippen molar-refractivity contribution >= 4 is 17.6 Å². The third kappa shape index (κ3) is 3.56. The number of oxazole rings is 1. The molecule has 1 atom stereocenters. The van der Waals surface area contributed by atoms with Crippen LogP contribution in [-0.4, -0.2) is 22.1 Å². The molecule has 2 aromatic rings. The normalized spacial score (nSPS) is 12.3. The molecular weight excluding hydrogens is 268 g/mol. The van der Waals surface area contributed by atoms with E-state index in [2.05, 4.69) is 10.3 Å². The van der Waals surface area contributed by atoms with Crippen LogP contribution in [0.25, 0.3) is 11.5 Å². The van der Waals surface area contributed by atoms with Crippen LogP contribution in [0.15, 0.2) is 34.9 Å². The first kappa shape index (κ1) is 13.6. The number of rotatable bonds is 5. The molecule has 0 saturated heterocycles. The number of nitrogens with one attached hydrogen (secondary N) is 1. The second-order valence-corrected chi connectivity index (χ2v) is 4.53. The average Bonchev–Trinajstić information content (AvgIpc) is 2.85. The number of aromatic nitrogens is 1. The number of hydrogen-bond donors (Lipinski definition) is 2. The van der Waals surface area contributed by atoms with E-state index in [4.69, 9.17) is 21.1 Å². The number of carboxylic acid groups (broad SMARTS) is 1. The van der Waals surface area contributed by atoms with Crippen LogP contribution >= 0.6 is 11.6 Å². The lowest BCUT2D eigenvalue weighted by Gasteiger charge is -2.05. The van der Waals surface area contributed by atoms with Gasteiger partial charge in [-0.15, -0.1) is 0 Å². The summed E-state index contributed by atoms with van der Waals surface area (Å²) >= 11 is 5.80. The van der Waals surface area contributed by atoms with Crippen LogP contribution in [-0.2, 0) is 11.3 Å². The predicted molar refractivity (Wildman–Crippen MR) is 70.9 cm³/mol. The molecule has 0 radical (unpaired) electrons. The molecule has 5 nitrogen and oxygen atoms in total. The van der Waals surface area contributed by atoms with E-state index in [1.807, 2.05) is 12.1 Å². The number of benzene rings is 1. The van der Waals surface area contributed by atoms with E-state index >= 15 is 0 Å². The summed E-state index contributed by atoms with van der Waals surface area (Å²) in [7, 11) is 0. The van der Waals surface area contributed by atoms with Crippen LogP contribution in [0.4, 0.5) is 0 Å². The van der Waals surface area contributed by atoms with Gasteiger partial charge >= 0.3 is 5.97 Å². The largest absolute Gasteiger partial charge is 0.480 e. The van der Waals surface area contributed by atoms with E-state index in [1.54, 1.807) is 19.1 Å².